The van der Waals surface area contributed by atoms with Crippen LogP contribution >= 0.6 is 0 Å². The maximum absolute atomic E-state index is 13.2. The zero-order chi connectivity index (χ0) is 53.7. The second-order valence-electron chi connectivity index (χ2n) is 19.4. The Morgan fingerprint density at radius 2 is 0.870 bits per heavy atom. The zero-order valence-corrected chi connectivity index (χ0v) is 45.7. The number of aromatic amines is 2. The van der Waals surface area contributed by atoms with Crippen molar-refractivity contribution in [3.8, 4) is 0 Å². The predicted octanol–water partition coefficient (Wildman–Crippen LogP) is 9.71. The van der Waals surface area contributed by atoms with Crippen molar-refractivity contribution in [1.82, 2.24) is 30.0 Å². The van der Waals surface area contributed by atoms with Crippen LogP contribution in [-0.4, -0.2) is 115 Å². The molecule has 4 heterocycles. The summed E-state index contributed by atoms with van der Waals surface area (Å²) < 4.78 is 82.2. The van der Waals surface area contributed by atoms with E-state index >= 15 is 0 Å². The Hall–Kier alpha value is -6.73. The molecule has 0 atom stereocenters. The van der Waals surface area contributed by atoms with E-state index in [1.165, 1.54) is 48.1 Å². The van der Waals surface area contributed by atoms with Gasteiger partial charge in [-0.25, -0.2) is 16.8 Å². The molecule has 13 nitrogen and oxygen atoms in total. The van der Waals surface area contributed by atoms with Gasteiger partial charge in [0.15, 0.2) is 0 Å². The highest BCUT2D eigenvalue weighted by atomic mass is 32.2. The number of aromatic nitrogens is 2. The van der Waals surface area contributed by atoms with Gasteiger partial charge in [-0.2, -0.15) is 8.42 Å². The molecule has 9 aromatic rings. The summed E-state index contributed by atoms with van der Waals surface area (Å²) in [5, 5.41) is 4.68. The fraction of sp³-hybridized carbons (Fsp3) is 0.246. The molecule has 0 radical (unpaired) electrons. The van der Waals surface area contributed by atoms with Crippen LogP contribution in [-0.2, 0) is 59.9 Å². The van der Waals surface area contributed by atoms with Crippen LogP contribution in [0, 0.1) is 6.92 Å². The molecule has 2 saturated heterocycles. The maximum atomic E-state index is 13.2. The minimum Gasteiger partial charge on any atom is -0.360 e. The summed E-state index contributed by atoms with van der Waals surface area (Å²) in [5.74, 6) is 0. The van der Waals surface area contributed by atoms with Gasteiger partial charge in [-0.3, -0.25) is 14.0 Å². The first-order chi connectivity index (χ1) is 37.3. The van der Waals surface area contributed by atoms with Crippen LogP contribution < -0.4 is 5.32 Å². The van der Waals surface area contributed by atoms with Gasteiger partial charge in [0.25, 0.3) is 10.1 Å². The number of H-pyrrole nitrogens is 2. The van der Waals surface area contributed by atoms with Gasteiger partial charge in [-0.05, 0) is 103 Å². The molecule has 0 spiro atoms. The number of piperazine rings is 2. The van der Waals surface area contributed by atoms with E-state index in [0.717, 1.165) is 87.4 Å². The summed E-state index contributed by atoms with van der Waals surface area (Å²) in [6, 6.07) is 56.1. The van der Waals surface area contributed by atoms with Gasteiger partial charge in [-0.1, -0.05) is 127 Å². The highest BCUT2D eigenvalue weighted by Crippen LogP contribution is 2.31. The molecule has 3 N–H and O–H groups in total. The third kappa shape index (κ3) is 14.5. The number of hydrogen-bond acceptors (Lipinski definition) is 11. The Bertz CT molecular complexity index is 3660. The summed E-state index contributed by atoms with van der Waals surface area (Å²) in [6.07, 6.45) is 4.32. The molecular formula is C61H66N6O7S3. The summed E-state index contributed by atoms with van der Waals surface area (Å²) in [6.45, 7) is 13.8. The molecule has 0 amide bonds. The molecule has 0 saturated carbocycles. The number of sulfone groups is 2. The van der Waals surface area contributed by atoms with Crippen molar-refractivity contribution < 1.29 is 29.4 Å². The Balaban J connectivity index is 0.000000153. The third-order valence-electron chi connectivity index (χ3n) is 13.9. The normalized spacial score (nSPS) is 14.9. The number of fused-ring (bicyclic) bond motifs is 2. The average molecular weight is 1090 g/mol. The summed E-state index contributed by atoms with van der Waals surface area (Å²) >= 11 is 0. The SMILES string of the molecule is Cc1ccc(S(=O)(=O)OCCc2ccc3[nH]cc(S(=O)(=O)c4ccccc4)c3c2)cc1.O=S(=O)(c1ccccc1)c1c[nH]c2ccc(CCN3CCN(Cc4ccccc4)CC3)cc12.c1ccc(CN2CCNCC2)cc1. The Morgan fingerprint density at radius 3 is 1.35 bits per heavy atom. The molecule has 0 unspecified atom stereocenters. The lowest BCUT2D eigenvalue weighted by atomic mass is 10.1. The predicted molar refractivity (Wildman–Crippen MR) is 305 cm³/mol. The molecule has 0 bridgehead atoms. The number of nitrogens with one attached hydrogen (secondary N) is 3. The lowest BCUT2D eigenvalue weighted by Crippen LogP contribution is -2.46. The molecule has 77 heavy (non-hydrogen) atoms. The monoisotopic (exact) mass is 1090 g/mol. The van der Waals surface area contributed by atoms with Crippen molar-refractivity contribution in [1.29, 1.82) is 0 Å². The fourth-order valence-corrected chi connectivity index (χ4v) is 13.3. The molecule has 11 rings (SSSR count). The minimum absolute atomic E-state index is 0.0487. The van der Waals surface area contributed by atoms with Crippen molar-refractivity contribution in [2.24, 2.45) is 0 Å². The molecular weight excluding hydrogens is 1020 g/mol. The van der Waals surface area contributed by atoms with Crippen LogP contribution in [0.2, 0.25) is 0 Å². The summed E-state index contributed by atoms with van der Waals surface area (Å²) in [5.41, 5.74) is 7.22. The van der Waals surface area contributed by atoms with Crippen LogP contribution in [0.15, 0.2) is 219 Å². The van der Waals surface area contributed by atoms with Gasteiger partial charge >= 0.3 is 0 Å². The second kappa shape index (κ2) is 25.6. The lowest BCUT2D eigenvalue weighted by Gasteiger charge is -2.34. The fourth-order valence-electron chi connectivity index (χ4n) is 9.55. The molecule has 2 aliphatic rings. The Kier molecular flexibility index (Phi) is 18.3. The molecule has 2 fully saturated rings. The van der Waals surface area contributed by atoms with Crippen LogP contribution in [0.3, 0.4) is 0 Å². The molecule has 2 aromatic heterocycles. The summed E-state index contributed by atoms with van der Waals surface area (Å²) in [7, 11) is -11.1. The molecule has 16 heteroatoms. The van der Waals surface area contributed by atoms with E-state index in [2.05, 4.69) is 96.7 Å². The van der Waals surface area contributed by atoms with Crippen LogP contribution in [0.25, 0.3) is 21.8 Å². The molecule has 7 aromatic carbocycles. The van der Waals surface area contributed by atoms with Gasteiger partial charge < -0.3 is 20.2 Å². The Morgan fingerprint density at radius 1 is 0.442 bits per heavy atom. The van der Waals surface area contributed by atoms with Crippen molar-refractivity contribution in [3.05, 3.63) is 222 Å². The number of nitrogens with zero attached hydrogens (tertiary/aromatic N) is 3. The van der Waals surface area contributed by atoms with Crippen LogP contribution in [0.5, 0.6) is 0 Å². The van der Waals surface area contributed by atoms with Crippen LogP contribution in [0.1, 0.15) is 27.8 Å². The van der Waals surface area contributed by atoms with E-state index < -0.39 is 29.8 Å². The first-order valence-corrected chi connectivity index (χ1v) is 30.4. The van der Waals surface area contributed by atoms with Crippen LogP contribution in [0.4, 0.5) is 0 Å². The summed E-state index contributed by atoms with van der Waals surface area (Å²) in [4.78, 5) is 14.8. The average Bonchev–Trinajstić information content (AvgIpc) is 4.18. The lowest BCUT2D eigenvalue weighted by molar-refractivity contribution is 0.128. The first kappa shape index (κ1) is 55.0. The van der Waals surface area contributed by atoms with E-state index in [4.69, 9.17) is 4.18 Å². The van der Waals surface area contributed by atoms with E-state index in [0.29, 0.717) is 27.1 Å². The van der Waals surface area contributed by atoms with Gasteiger partial charge in [0.1, 0.15) is 0 Å². The quantitative estimate of drug-likeness (QED) is 0.0790. The molecule has 0 aliphatic carbocycles. The standard InChI is InChI=1S/C27H29N3O2S.C23H21NO5S2.C11H16N2/c31-33(32,24-9-5-2-6-10-24)27-20-28-26-12-11-22(19-25(26)27)13-14-29-15-17-30(18-16-29)21-23-7-3-1-4-8-23;1-17-7-10-20(11-8-17)31(27,28)29-14-13-18-9-12-22-21(15-18)23(16-24-22)30(25,26)19-5-3-2-4-6-19;1-2-4-11(5-3-1)10-13-8-6-12-7-9-13/h1-12,19-20,28H,13-18,21H2;2-12,15-16,24H,13-14H2,1H3;1-5,12H,6-10H2. The number of aryl methyl sites for hydroxylation is 1. The van der Waals surface area contributed by atoms with Gasteiger partial charge in [-0.15, -0.1) is 0 Å². The van der Waals surface area contributed by atoms with Gasteiger partial charge in [0.05, 0.1) is 31.1 Å². The second-order valence-corrected chi connectivity index (χ2v) is 24.9. The Labute approximate surface area is 453 Å². The highest BCUT2D eigenvalue weighted by molar-refractivity contribution is 7.92. The van der Waals surface area contributed by atoms with E-state index in [1.54, 1.807) is 85.1 Å². The smallest absolute Gasteiger partial charge is 0.296 e. The van der Waals surface area contributed by atoms with E-state index in [9.17, 15) is 25.3 Å². The molecule has 2 aliphatic heterocycles. The number of rotatable bonds is 16. The van der Waals surface area contributed by atoms with E-state index in [1.807, 2.05) is 31.2 Å². The highest BCUT2D eigenvalue weighted by Gasteiger charge is 2.24. The van der Waals surface area contributed by atoms with Crippen molar-refractivity contribution >= 4 is 51.6 Å². The molecule has 400 valence electrons. The first-order valence-electron chi connectivity index (χ1n) is 26.0. The van der Waals surface area contributed by atoms with E-state index in [-0.39, 0.29) is 21.3 Å². The topological polar surface area (TPSA) is 165 Å². The zero-order valence-electron chi connectivity index (χ0n) is 43.3. The largest absolute Gasteiger partial charge is 0.360 e. The number of benzene rings is 7. The van der Waals surface area contributed by atoms with Gasteiger partial charge in [0, 0.05) is 106 Å². The van der Waals surface area contributed by atoms with Crippen molar-refractivity contribution in [2.45, 2.75) is 57.3 Å². The maximum Gasteiger partial charge on any atom is 0.296 e. The minimum atomic E-state index is -3.85. The van der Waals surface area contributed by atoms with Crippen molar-refractivity contribution in [3.63, 3.8) is 0 Å². The van der Waals surface area contributed by atoms with Crippen molar-refractivity contribution in [2.75, 3.05) is 65.5 Å². The van der Waals surface area contributed by atoms with Gasteiger partial charge in [0.2, 0.25) is 19.7 Å². The number of hydrogen-bond donors (Lipinski definition) is 3. The third-order valence-corrected chi connectivity index (χ3v) is 18.9.